The van der Waals surface area contributed by atoms with Gasteiger partial charge in [0.25, 0.3) is 0 Å². The number of aromatic nitrogens is 3. The second kappa shape index (κ2) is 7.66. The first kappa shape index (κ1) is 18.1. The van der Waals surface area contributed by atoms with Gasteiger partial charge in [-0.3, -0.25) is 14.4 Å². The van der Waals surface area contributed by atoms with Crippen molar-refractivity contribution >= 4 is 17.2 Å². The molecule has 7 heteroatoms. The Bertz CT molecular complexity index is 728. The van der Waals surface area contributed by atoms with Crippen molar-refractivity contribution in [3.05, 3.63) is 23.0 Å². The number of hydrogen-bond acceptors (Lipinski definition) is 5. The number of nitrogens with zero attached hydrogens (tertiary/aromatic N) is 4. The van der Waals surface area contributed by atoms with E-state index in [9.17, 15) is 4.79 Å². The SMILES string of the molecule is Cc1ncsc1-c1cc(CN2CCC(NC(=O)C(C)C)CC2)n(C)n1. The summed E-state index contributed by atoms with van der Waals surface area (Å²) in [5, 5.41) is 7.81. The molecule has 3 heterocycles. The molecule has 0 aliphatic carbocycles. The highest BCUT2D eigenvalue weighted by atomic mass is 32.1. The van der Waals surface area contributed by atoms with Crippen LogP contribution in [-0.4, -0.2) is 44.7 Å². The van der Waals surface area contributed by atoms with Crippen LogP contribution in [0.4, 0.5) is 0 Å². The molecule has 2 aromatic heterocycles. The molecule has 136 valence electrons. The van der Waals surface area contributed by atoms with Gasteiger partial charge in [-0.2, -0.15) is 5.10 Å². The van der Waals surface area contributed by atoms with E-state index in [0.717, 1.165) is 48.7 Å². The van der Waals surface area contributed by atoms with Gasteiger partial charge in [0.05, 0.1) is 21.8 Å². The molecule has 2 aromatic rings. The smallest absolute Gasteiger partial charge is 0.222 e. The highest BCUT2D eigenvalue weighted by Gasteiger charge is 2.22. The van der Waals surface area contributed by atoms with Crippen LogP contribution in [0.5, 0.6) is 0 Å². The average molecular weight is 362 g/mol. The predicted octanol–water partition coefficient (Wildman–Crippen LogP) is 2.59. The van der Waals surface area contributed by atoms with Crippen LogP contribution in [0.2, 0.25) is 0 Å². The van der Waals surface area contributed by atoms with Gasteiger partial charge in [0.2, 0.25) is 5.91 Å². The van der Waals surface area contributed by atoms with Gasteiger partial charge in [0.15, 0.2) is 0 Å². The van der Waals surface area contributed by atoms with Crippen molar-refractivity contribution < 1.29 is 4.79 Å². The Morgan fingerprint density at radius 2 is 2.12 bits per heavy atom. The van der Waals surface area contributed by atoms with Crippen LogP contribution in [0, 0.1) is 12.8 Å². The van der Waals surface area contributed by atoms with Gasteiger partial charge >= 0.3 is 0 Å². The Balaban J connectivity index is 1.57. The van der Waals surface area contributed by atoms with Crippen molar-refractivity contribution in [2.75, 3.05) is 13.1 Å². The van der Waals surface area contributed by atoms with Crippen molar-refractivity contribution in [3.63, 3.8) is 0 Å². The lowest BCUT2D eigenvalue weighted by atomic mass is 10.0. The van der Waals surface area contributed by atoms with Crippen LogP contribution < -0.4 is 5.32 Å². The molecular weight excluding hydrogens is 334 g/mol. The van der Waals surface area contributed by atoms with Crippen LogP contribution in [0.1, 0.15) is 38.1 Å². The topological polar surface area (TPSA) is 63.1 Å². The minimum atomic E-state index is 0.0566. The molecule has 1 amide bonds. The van der Waals surface area contributed by atoms with Gasteiger partial charge in [-0.05, 0) is 25.8 Å². The Morgan fingerprint density at radius 3 is 2.72 bits per heavy atom. The number of likely N-dealkylation sites (tertiary alicyclic amines) is 1. The minimum Gasteiger partial charge on any atom is -0.353 e. The molecule has 0 saturated carbocycles. The molecule has 0 atom stereocenters. The number of piperidine rings is 1. The highest BCUT2D eigenvalue weighted by molar-refractivity contribution is 7.13. The highest BCUT2D eigenvalue weighted by Crippen LogP contribution is 2.27. The molecule has 3 rings (SSSR count). The van der Waals surface area contributed by atoms with E-state index in [2.05, 4.69) is 26.4 Å². The zero-order valence-electron chi connectivity index (χ0n) is 15.5. The maximum Gasteiger partial charge on any atom is 0.222 e. The van der Waals surface area contributed by atoms with Crippen molar-refractivity contribution in [3.8, 4) is 10.6 Å². The van der Waals surface area contributed by atoms with Crippen LogP contribution in [0.25, 0.3) is 10.6 Å². The summed E-state index contributed by atoms with van der Waals surface area (Å²) in [5.41, 5.74) is 5.13. The van der Waals surface area contributed by atoms with Crippen molar-refractivity contribution in [2.45, 2.75) is 46.2 Å². The Morgan fingerprint density at radius 1 is 1.40 bits per heavy atom. The van der Waals surface area contributed by atoms with E-state index in [1.54, 1.807) is 11.3 Å². The van der Waals surface area contributed by atoms with Crippen molar-refractivity contribution in [1.29, 1.82) is 0 Å². The molecule has 1 fully saturated rings. The summed E-state index contributed by atoms with van der Waals surface area (Å²) in [6.07, 6.45) is 2.02. The third-order valence-electron chi connectivity index (χ3n) is 4.80. The molecule has 0 bridgehead atoms. The van der Waals surface area contributed by atoms with Gasteiger partial charge in [0.1, 0.15) is 5.69 Å². The standard InChI is InChI=1S/C18H27N5OS/c1-12(2)18(24)20-14-5-7-23(8-6-14)10-15-9-16(21-22(15)4)17-13(3)19-11-25-17/h9,11-12,14H,5-8,10H2,1-4H3,(H,20,24). The zero-order valence-corrected chi connectivity index (χ0v) is 16.3. The van der Waals surface area contributed by atoms with E-state index >= 15 is 0 Å². The molecule has 1 aliphatic heterocycles. The minimum absolute atomic E-state index is 0.0566. The van der Waals surface area contributed by atoms with Crippen LogP contribution >= 0.6 is 11.3 Å². The Hall–Kier alpha value is -1.73. The van der Waals surface area contributed by atoms with E-state index in [4.69, 9.17) is 0 Å². The molecule has 6 nitrogen and oxygen atoms in total. The van der Waals surface area contributed by atoms with E-state index in [1.807, 2.05) is 38.0 Å². The number of hydrogen-bond donors (Lipinski definition) is 1. The van der Waals surface area contributed by atoms with Crippen LogP contribution in [0.3, 0.4) is 0 Å². The first-order chi connectivity index (χ1) is 11.9. The number of aryl methyl sites for hydroxylation is 2. The Labute approximate surface area is 153 Å². The number of rotatable bonds is 5. The Kier molecular flexibility index (Phi) is 5.54. The zero-order chi connectivity index (χ0) is 18.0. The van der Waals surface area contributed by atoms with Gasteiger partial charge in [-0.1, -0.05) is 13.8 Å². The maximum atomic E-state index is 11.8. The average Bonchev–Trinajstić information content (AvgIpc) is 3.15. The first-order valence-corrected chi connectivity index (χ1v) is 9.78. The normalized spacial score (nSPS) is 16.5. The molecule has 0 radical (unpaired) electrons. The van der Waals surface area contributed by atoms with Crippen LogP contribution in [0.15, 0.2) is 11.6 Å². The number of carbonyl (C=O) groups excluding carboxylic acids is 1. The van der Waals surface area contributed by atoms with E-state index in [-0.39, 0.29) is 11.8 Å². The molecule has 1 saturated heterocycles. The summed E-state index contributed by atoms with van der Waals surface area (Å²) < 4.78 is 1.97. The monoisotopic (exact) mass is 361 g/mol. The number of thiazole rings is 1. The molecule has 1 N–H and O–H groups in total. The third-order valence-corrected chi connectivity index (χ3v) is 5.75. The first-order valence-electron chi connectivity index (χ1n) is 8.90. The summed E-state index contributed by atoms with van der Waals surface area (Å²) in [6.45, 7) is 8.81. The van der Waals surface area contributed by atoms with E-state index in [1.165, 1.54) is 5.69 Å². The van der Waals surface area contributed by atoms with Crippen LogP contribution in [-0.2, 0) is 18.4 Å². The summed E-state index contributed by atoms with van der Waals surface area (Å²) in [4.78, 5) is 19.7. The number of carbonyl (C=O) groups is 1. The second-order valence-electron chi connectivity index (χ2n) is 7.13. The summed E-state index contributed by atoms with van der Waals surface area (Å²) in [7, 11) is 2.00. The van der Waals surface area contributed by atoms with E-state index < -0.39 is 0 Å². The van der Waals surface area contributed by atoms with Gasteiger partial charge in [-0.25, -0.2) is 4.98 Å². The van der Waals surface area contributed by atoms with Gasteiger partial charge < -0.3 is 5.32 Å². The lowest BCUT2D eigenvalue weighted by molar-refractivity contribution is -0.125. The summed E-state index contributed by atoms with van der Waals surface area (Å²) >= 11 is 1.64. The lowest BCUT2D eigenvalue weighted by Crippen LogP contribution is -2.45. The fourth-order valence-electron chi connectivity index (χ4n) is 3.14. The summed E-state index contributed by atoms with van der Waals surface area (Å²) in [5.74, 6) is 0.218. The maximum absolute atomic E-state index is 11.8. The number of nitrogens with one attached hydrogen (secondary N) is 1. The van der Waals surface area contributed by atoms with E-state index in [0.29, 0.717) is 6.04 Å². The number of amides is 1. The lowest BCUT2D eigenvalue weighted by Gasteiger charge is -2.32. The predicted molar refractivity (Wildman–Crippen MR) is 100 cm³/mol. The molecule has 25 heavy (non-hydrogen) atoms. The molecule has 0 unspecified atom stereocenters. The fraction of sp³-hybridized carbons (Fsp3) is 0.611. The van der Waals surface area contributed by atoms with Crippen molar-refractivity contribution in [2.24, 2.45) is 13.0 Å². The van der Waals surface area contributed by atoms with Crippen molar-refractivity contribution in [1.82, 2.24) is 25.0 Å². The second-order valence-corrected chi connectivity index (χ2v) is 7.98. The molecule has 1 aliphatic rings. The molecule has 0 spiro atoms. The fourth-order valence-corrected chi connectivity index (χ4v) is 3.90. The summed E-state index contributed by atoms with van der Waals surface area (Å²) in [6, 6.07) is 2.49. The molecule has 0 aromatic carbocycles. The molecular formula is C18H27N5OS. The van der Waals surface area contributed by atoms with Gasteiger partial charge in [-0.15, -0.1) is 11.3 Å². The van der Waals surface area contributed by atoms with Gasteiger partial charge in [0, 0.05) is 38.6 Å². The quantitative estimate of drug-likeness (QED) is 0.889. The third kappa shape index (κ3) is 4.27. The largest absolute Gasteiger partial charge is 0.353 e.